The molecule has 1 atom stereocenters. The van der Waals surface area contributed by atoms with Gasteiger partial charge in [-0.1, -0.05) is 24.3 Å². The van der Waals surface area contributed by atoms with Gasteiger partial charge in [0, 0.05) is 18.8 Å². The van der Waals surface area contributed by atoms with Crippen LogP contribution in [0.3, 0.4) is 0 Å². The van der Waals surface area contributed by atoms with Gasteiger partial charge in [0.1, 0.15) is 0 Å². The smallest absolute Gasteiger partial charge is 0.243 e. The topological polar surface area (TPSA) is 110 Å². The third kappa shape index (κ3) is 5.06. The minimum atomic E-state index is -3.66. The van der Waals surface area contributed by atoms with Crippen molar-refractivity contribution in [2.45, 2.75) is 38.0 Å². The van der Waals surface area contributed by atoms with Crippen LogP contribution in [0.1, 0.15) is 29.5 Å². The molecule has 0 aliphatic carbocycles. The van der Waals surface area contributed by atoms with Crippen molar-refractivity contribution in [3.05, 3.63) is 59.2 Å². The number of aryl methyl sites for hydroxylation is 2. The van der Waals surface area contributed by atoms with Crippen LogP contribution in [0, 0.1) is 19.8 Å². The molecule has 0 unspecified atom stereocenters. The average molecular weight is 430 g/mol. The lowest BCUT2D eigenvalue weighted by atomic mass is 9.98. The van der Waals surface area contributed by atoms with Gasteiger partial charge in [0.15, 0.2) is 0 Å². The minimum absolute atomic E-state index is 0.141. The Balaban J connectivity index is 1.70. The molecule has 3 N–H and O–H groups in total. The predicted molar refractivity (Wildman–Crippen MR) is 115 cm³/mol. The first-order chi connectivity index (χ1) is 14.2. The monoisotopic (exact) mass is 429 g/mol. The summed E-state index contributed by atoms with van der Waals surface area (Å²) >= 11 is 0. The van der Waals surface area contributed by atoms with Gasteiger partial charge in [-0.3, -0.25) is 9.59 Å². The Morgan fingerprint density at radius 3 is 2.50 bits per heavy atom. The molecule has 2 aromatic carbocycles. The van der Waals surface area contributed by atoms with E-state index in [1.807, 2.05) is 13.0 Å². The van der Waals surface area contributed by atoms with E-state index < -0.39 is 21.8 Å². The summed E-state index contributed by atoms with van der Waals surface area (Å²) < 4.78 is 27.8. The van der Waals surface area contributed by atoms with Crippen LogP contribution in [-0.2, 0) is 26.0 Å². The summed E-state index contributed by atoms with van der Waals surface area (Å²) in [5.74, 6) is -1.05. The number of nitrogens with one attached hydrogen (secondary N) is 1. The molecule has 7 nitrogen and oxygen atoms in total. The van der Waals surface area contributed by atoms with E-state index in [9.17, 15) is 18.0 Å². The van der Waals surface area contributed by atoms with E-state index >= 15 is 0 Å². The second-order valence-electron chi connectivity index (χ2n) is 7.80. The molecule has 0 bridgehead atoms. The number of amides is 2. The van der Waals surface area contributed by atoms with Gasteiger partial charge in [0.05, 0.1) is 17.2 Å². The number of piperidine rings is 1. The number of rotatable bonds is 6. The van der Waals surface area contributed by atoms with Crippen LogP contribution >= 0.6 is 0 Å². The van der Waals surface area contributed by atoms with Crippen molar-refractivity contribution in [3.8, 4) is 0 Å². The normalized spacial score (nSPS) is 17.5. The van der Waals surface area contributed by atoms with Gasteiger partial charge in [-0.2, -0.15) is 4.31 Å². The van der Waals surface area contributed by atoms with Crippen LogP contribution in [0.5, 0.6) is 0 Å². The van der Waals surface area contributed by atoms with Crippen LogP contribution in [0.4, 0.5) is 5.69 Å². The average Bonchev–Trinajstić information content (AvgIpc) is 2.71. The summed E-state index contributed by atoms with van der Waals surface area (Å²) in [7, 11) is -3.66. The molecule has 0 spiro atoms. The standard InChI is InChI=1S/C22H27N3O4S/c1-15-5-6-16(2)20(12-15)30(28,29)25-11-3-4-18(14-25)22(27)24-19-9-7-17(8-10-19)13-21(23)26/h5-10,12,18H,3-4,11,13-14H2,1-2H3,(H2,23,26)(H,24,27)/t18-/m0/s1. The van der Waals surface area contributed by atoms with Crippen molar-refractivity contribution in [2.75, 3.05) is 18.4 Å². The van der Waals surface area contributed by atoms with Crippen molar-refractivity contribution in [1.29, 1.82) is 0 Å². The first-order valence-electron chi connectivity index (χ1n) is 9.92. The predicted octanol–water partition coefficient (Wildman–Crippen LogP) is 2.37. The zero-order chi connectivity index (χ0) is 21.9. The molecule has 30 heavy (non-hydrogen) atoms. The van der Waals surface area contributed by atoms with Crippen molar-refractivity contribution < 1.29 is 18.0 Å². The molecule has 1 saturated heterocycles. The number of sulfonamides is 1. The van der Waals surface area contributed by atoms with E-state index in [-0.39, 0.29) is 18.9 Å². The lowest BCUT2D eigenvalue weighted by Gasteiger charge is -2.31. The molecule has 0 radical (unpaired) electrons. The Morgan fingerprint density at radius 1 is 1.13 bits per heavy atom. The highest BCUT2D eigenvalue weighted by atomic mass is 32.2. The molecule has 8 heteroatoms. The fourth-order valence-corrected chi connectivity index (χ4v) is 5.48. The second-order valence-corrected chi connectivity index (χ2v) is 9.71. The van der Waals surface area contributed by atoms with Gasteiger partial charge in [0.2, 0.25) is 21.8 Å². The Bertz CT molecular complexity index is 1050. The van der Waals surface area contributed by atoms with Gasteiger partial charge in [0.25, 0.3) is 0 Å². The maximum Gasteiger partial charge on any atom is 0.243 e. The third-order valence-electron chi connectivity index (χ3n) is 5.32. The molecule has 3 rings (SSSR count). The highest BCUT2D eigenvalue weighted by Crippen LogP contribution is 2.27. The molecule has 2 aromatic rings. The lowest BCUT2D eigenvalue weighted by Crippen LogP contribution is -2.43. The Kier molecular flexibility index (Phi) is 6.58. The number of hydrogen-bond acceptors (Lipinski definition) is 4. The van der Waals surface area contributed by atoms with E-state index in [2.05, 4.69) is 5.32 Å². The number of anilines is 1. The van der Waals surface area contributed by atoms with Gasteiger partial charge in [-0.25, -0.2) is 8.42 Å². The Morgan fingerprint density at radius 2 is 1.83 bits per heavy atom. The minimum Gasteiger partial charge on any atom is -0.369 e. The van der Waals surface area contributed by atoms with E-state index in [4.69, 9.17) is 5.73 Å². The van der Waals surface area contributed by atoms with Crippen LogP contribution in [-0.4, -0.2) is 37.6 Å². The van der Waals surface area contributed by atoms with Crippen molar-refractivity contribution in [3.63, 3.8) is 0 Å². The summed E-state index contributed by atoms with van der Waals surface area (Å²) in [5, 5.41) is 2.85. The number of hydrogen-bond donors (Lipinski definition) is 2. The van der Waals surface area contributed by atoms with Gasteiger partial charge in [-0.05, 0) is 61.6 Å². The summed E-state index contributed by atoms with van der Waals surface area (Å²) in [6.45, 7) is 4.20. The number of nitrogens with two attached hydrogens (primary N) is 1. The first kappa shape index (κ1) is 22.0. The molecule has 1 heterocycles. The number of carbonyl (C=O) groups excluding carboxylic acids is 2. The van der Waals surface area contributed by atoms with Crippen LogP contribution < -0.4 is 11.1 Å². The SMILES string of the molecule is Cc1ccc(C)c(S(=O)(=O)N2CCC[C@H](C(=O)Nc3ccc(CC(N)=O)cc3)C2)c1. The quantitative estimate of drug-likeness (QED) is 0.734. The van der Waals surface area contributed by atoms with E-state index in [1.165, 1.54) is 4.31 Å². The maximum absolute atomic E-state index is 13.2. The zero-order valence-corrected chi connectivity index (χ0v) is 18.0. The molecule has 1 aliphatic heterocycles. The number of carbonyl (C=O) groups is 2. The van der Waals surface area contributed by atoms with Crippen LogP contribution in [0.15, 0.2) is 47.4 Å². The Hall–Kier alpha value is -2.71. The molecule has 160 valence electrons. The molecular formula is C22H27N3O4S. The summed E-state index contributed by atoms with van der Waals surface area (Å²) in [6, 6.07) is 12.3. The van der Waals surface area contributed by atoms with Crippen LogP contribution in [0.2, 0.25) is 0 Å². The summed E-state index contributed by atoms with van der Waals surface area (Å²) in [4.78, 5) is 24.0. The number of benzene rings is 2. The first-order valence-corrected chi connectivity index (χ1v) is 11.4. The number of primary amides is 1. The molecule has 1 fully saturated rings. The molecule has 0 saturated carbocycles. The van der Waals surface area contributed by atoms with Gasteiger partial charge >= 0.3 is 0 Å². The van der Waals surface area contributed by atoms with E-state index in [1.54, 1.807) is 43.3 Å². The van der Waals surface area contributed by atoms with Crippen molar-refractivity contribution in [2.24, 2.45) is 11.7 Å². The van der Waals surface area contributed by atoms with Gasteiger partial charge in [-0.15, -0.1) is 0 Å². The highest BCUT2D eigenvalue weighted by Gasteiger charge is 2.34. The second kappa shape index (κ2) is 8.97. The van der Waals surface area contributed by atoms with Crippen LogP contribution in [0.25, 0.3) is 0 Å². The molecule has 2 amide bonds. The fourth-order valence-electron chi connectivity index (χ4n) is 3.65. The van der Waals surface area contributed by atoms with Gasteiger partial charge < -0.3 is 11.1 Å². The van der Waals surface area contributed by atoms with E-state index in [0.29, 0.717) is 35.5 Å². The summed E-state index contributed by atoms with van der Waals surface area (Å²) in [6.07, 6.45) is 1.40. The third-order valence-corrected chi connectivity index (χ3v) is 7.32. The van der Waals surface area contributed by atoms with E-state index in [0.717, 1.165) is 11.1 Å². The molecular weight excluding hydrogens is 402 g/mol. The highest BCUT2D eigenvalue weighted by molar-refractivity contribution is 7.89. The Labute approximate surface area is 177 Å². The molecule has 1 aliphatic rings. The fraction of sp³-hybridized carbons (Fsp3) is 0.364. The van der Waals surface area contributed by atoms with Crippen molar-refractivity contribution >= 4 is 27.5 Å². The van der Waals surface area contributed by atoms with Crippen molar-refractivity contribution in [1.82, 2.24) is 4.31 Å². The zero-order valence-electron chi connectivity index (χ0n) is 17.2. The largest absolute Gasteiger partial charge is 0.369 e. The lowest BCUT2D eigenvalue weighted by molar-refractivity contribution is -0.121. The molecule has 0 aromatic heterocycles. The number of nitrogens with zero attached hydrogens (tertiary/aromatic N) is 1. The maximum atomic E-state index is 13.2. The summed E-state index contributed by atoms with van der Waals surface area (Å²) in [5.41, 5.74) is 8.13.